The first-order chi connectivity index (χ1) is 9.49. The quantitative estimate of drug-likeness (QED) is 0.685. The molecule has 0 bridgehead atoms. The van der Waals surface area contributed by atoms with Gasteiger partial charge >= 0.3 is 5.97 Å². The number of nitrogens with zero attached hydrogens (tertiary/aromatic N) is 1. The fraction of sp³-hybridized carbons (Fsp3) is 0. The molecule has 0 atom stereocenters. The molecule has 0 spiro atoms. The molecule has 0 aliphatic rings. The second kappa shape index (κ2) is 5.58. The van der Waals surface area contributed by atoms with Crippen molar-refractivity contribution in [1.82, 2.24) is 0 Å². The summed E-state index contributed by atoms with van der Waals surface area (Å²) in [6, 6.07) is 9.81. The van der Waals surface area contributed by atoms with Gasteiger partial charge in [-0.1, -0.05) is 23.7 Å². The summed E-state index contributed by atoms with van der Waals surface area (Å²) in [5.74, 6) is -1.06. The predicted octanol–water partition coefficient (Wildman–Crippen LogP) is 3.74. The molecule has 0 amide bonds. The van der Waals surface area contributed by atoms with Crippen LogP contribution in [0.4, 0.5) is 5.69 Å². The van der Waals surface area contributed by atoms with Crippen LogP contribution in [0.25, 0.3) is 0 Å². The zero-order valence-corrected chi connectivity index (χ0v) is 10.7. The van der Waals surface area contributed by atoms with Gasteiger partial charge in [-0.15, -0.1) is 0 Å². The predicted molar refractivity (Wildman–Crippen MR) is 71.6 cm³/mol. The lowest BCUT2D eigenvalue weighted by Crippen LogP contribution is -2.01. The van der Waals surface area contributed by atoms with Crippen molar-refractivity contribution in [2.45, 2.75) is 0 Å². The van der Waals surface area contributed by atoms with Gasteiger partial charge in [-0.3, -0.25) is 10.1 Å². The molecule has 0 unspecified atom stereocenters. The number of rotatable bonds is 4. The first kappa shape index (κ1) is 13.8. The number of carbonyl (C=O) groups is 1. The third kappa shape index (κ3) is 2.86. The summed E-state index contributed by atoms with van der Waals surface area (Å²) in [6.07, 6.45) is 0. The van der Waals surface area contributed by atoms with E-state index in [1.54, 1.807) is 0 Å². The highest BCUT2D eigenvalue weighted by Gasteiger charge is 2.17. The number of halogens is 1. The van der Waals surface area contributed by atoms with Crippen LogP contribution in [-0.2, 0) is 0 Å². The van der Waals surface area contributed by atoms with Gasteiger partial charge in [0.1, 0.15) is 17.1 Å². The molecule has 0 aliphatic heterocycles. The summed E-state index contributed by atoms with van der Waals surface area (Å²) in [7, 11) is 0. The van der Waals surface area contributed by atoms with E-state index >= 15 is 0 Å². The van der Waals surface area contributed by atoms with Crippen LogP contribution >= 0.6 is 11.6 Å². The largest absolute Gasteiger partial charge is 0.478 e. The first-order valence-corrected chi connectivity index (χ1v) is 5.81. The van der Waals surface area contributed by atoms with Crippen LogP contribution in [0.15, 0.2) is 42.5 Å². The van der Waals surface area contributed by atoms with Crippen molar-refractivity contribution in [1.29, 1.82) is 0 Å². The maximum atomic E-state index is 11.1. The lowest BCUT2D eigenvalue weighted by atomic mass is 10.2. The van der Waals surface area contributed by atoms with Gasteiger partial charge in [-0.25, -0.2) is 4.79 Å². The number of non-ortho nitro benzene ring substituents is 1. The van der Waals surface area contributed by atoms with Gasteiger partial charge in [-0.2, -0.15) is 0 Å². The SMILES string of the molecule is O=C(O)c1c(Cl)cccc1Oc1cccc([N+](=O)[O-])c1. The van der Waals surface area contributed by atoms with Gasteiger partial charge in [0.2, 0.25) is 0 Å². The van der Waals surface area contributed by atoms with Crippen LogP contribution < -0.4 is 4.74 Å². The van der Waals surface area contributed by atoms with Crippen molar-refractivity contribution in [3.63, 3.8) is 0 Å². The summed E-state index contributed by atoms with van der Waals surface area (Å²) >= 11 is 5.80. The number of benzene rings is 2. The lowest BCUT2D eigenvalue weighted by molar-refractivity contribution is -0.384. The normalized spacial score (nSPS) is 10.1. The number of hydrogen-bond acceptors (Lipinski definition) is 4. The van der Waals surface area contributed by atoms with Crippen molar-refractivity contribution in [3.05, 3.63) is 63.2 Å². The Kier molecular flexibility index (Phi) is 3.86. The number of hydrogen-bond donors (Lipinski definition) is 1. The van der Waals surface area contributed by atoms with Crippen LogP contribution in [0.3, 0.4) is 0 Å². The van der Waals surface area contributed by atoms with E-state index in [0.29, 0.717) is 0 Å². The molecule has 2 rings (SSSR count). The molecule has 0 saturated heterocycles. The summed E-state index contributed by atoms with van der Waals surface area (Å²) in [6.45, 7) is 0. The number of carboxylic acids is 1. The van der Waals surface area contributed by atoms with Gasteiger partial charge in [0.15, 0.2) is 0 Å². The van der Waals surface area contributed by atoms with E-state index in [9.17, 15) is 14.9 Å². The van der Waals surface area contributed by atoms with E-state index in [1.807, 2.05) is 0 Å². The Morgan fingerprint density at radius 3 is 2.60 bits per heavy atom. The van der Waals surface area contributed by atoms with E-state index in [-0.39, 0.29) is 27.8 Å². The molecular formula is C13H8ClNO5. The Morgan fingerprint density at radius 2 is 1.95 bits per heavy atom. The Balaban J connectivity index is 2.40. The molecule has 20 heavy (non-hydrogen) atoms. The molecule has 0 aromatic heterocycles. The Hall–Kier alpha value is -2.60. The molecule has 102 valence electrons. The van der Waals surface area contributed by atoms with Gasteiger partial charge < -0.3 is 9.84 Å². The second-order valence-electron chi connectivity index (χ2n) is 3.77. The molecule has 7 heteroatoms. The number of aromatic carboxylic acids is 1. The first-order valence-electron chi connectivity index (χ1n) is 5.43. The van der Waals surface area contributed by atoms with Crippen LogP contribution in [0, 0.1) is 10.1 Å². The average molecular weight is 294 g/mol. The lowest BCUT2D eigenvalue weighted by Gasteiger charge is -2.09. The summed E-state index contributed by atoms with van der Waals surface area (Å²) in [5, 5.41) is 19.8. The summed E-state index contributed by atoms with van der Waals surface area (Å²) in [4.78, 5) is 21.2. The highest BCUT2D eigenvalue weighted by atomic mass is 35.5. The minimum absolute atomic E-state index is 0.0190. The molecule has 0 aliphatic carbocycles. The number of ether oxygens (including phenoxy) is 1. The molecule has 2 aromatic rings. The zero-order chi connectivity index (χ0) is 14.7. The number of carboxylic acid groups (broad SMARTS) is 1. The Morgan fingerprint density at radius 1 is 1.25 bits per heavy atom. The van der Waals surface area contributed by atoms with Gasteiger partial charge in [0.25, 0.3) is 5.69 Å². The van der Waals surface area contributed by atoms with E-state index in [4.69, 9.17) is 21.4 Å². The van der Waals surface area contributed by atoms with Crippen molar-refractivity contribution in [2.24, 2.45) is 0 Å². The maximum absolute atomic E-state index is 11.1. The Labute approximate surface area is 118 Å². The van der Waals surface area contributed by atoms with Crippen molar-refractivity contribution >= 4 is 23.3 Å². The van der Waals surface area contributed by atoms with Gasteiger partial charge in [0.05, 0.1) is 16.0 Å². The molecule has 0 heterocycles. The molecule has 6 nitrogen and oxygen atoms in total. The molecular weight excluding hydrogens is 286 g/mol. The van der Waals surface area contributed by atoms with E-state index < -0.39 is 10.9 Å². The smallest absolute Gasteiger partial charge is 0.341 e. The standard InChI is InChI=1S/C13H8ClNO5/c14-10-5-2-6-11(12(10)13(16)17)20-9-4-1-3-8(7-9)15(18)19/h1-7H,(H,16,17). The Bertz CT molecular complexity index is 686. The van der Waals surface area contributed by atoms with Gasteiger partial charge in [0, 0.05) is 6.07 Å². The monoisotopic (exact) mass is 293 g/mol. The number of nitro benzene ring substituents is 1. The third-order valence-corrected chi connectivity index (χ3v) is 2.76. The van der Waals surface area contributed by atoms with E-state index in [2.05, 4.69) is 0 Å². The summed E-state index contributed by atoms with van der Waals surface area (Å²) < 4.78 is 5.37. The van der Waals surface area contributed by atoms with Crippen LogP contribution in [0.2, 0.25) is 5.02 Å². The fourth-order valence-corrected chi connectivity index (χ4v) is 1.83. The van der Waals surface area contributed by atoms with E-state index in [0.717, 1.165) is 0 Å². The molecule has 1 N–H and O–H groups in total. The fourth-order valence-electron chi connectivity index (χ4n) is 1.58. The average Bonchev–Trinajstić information content (AvgIpc) is 2.38. The summed E-state index contributed by atoms with van der Waals surface area (Å²) in [5.41, 5.74) is -0.345. The van der Waals surface area contributed by atoms with Crippen LogP contribution in [0.5, 0.6) is 11.5 Å². The molecule has 0 fully saturated rings. The number of nitro groups is 1. The zero-order valence-electron chi connectivity index (χ0n) is 9.95. The highest BCUT2D eigenvalue weighted by molar-refractivity contribution is 6.33. The molecule has 2 aromatic carbocycles. The topological polar surface area (TPSA) is 89.7 Å². The second-order valence-corrected chi connectivity index (χ2v) is 4.18. The minimum Gasteiger partial charge on any atom is -0.478 e. The van der Waals surface area contributed by atoms with Crippen molar-refractivity contribution < 1.29 is 19.6 Å². The third-order valence-electron chi connectivity index (χ3n) is 2.45. The highest BCUT2D eigenvalue weighted by Crippen LogP contribution is 2.31. The molecule has 0 radical (unpaired) electrons. The van der Waals surface area contributed by atoms with Crippen molar-refractivity contribution in [2.75, 3.05) is 0 Å². The minimum atomic E-state index is -1.24. The van der Waals surface area contributed by atoms with E-state index in [1.165, 1.54) is 42.5 Å². The van der Waals surface area contributed by atoms with Crippen LogP contribution in [-0.4, -0.2) is 16.0 Å². The molecule has 0 saturated carbocycles. The maximum Gasteiger partial charge on any atom is 0.341 e. The van der Waals surface area contributed by atoms with Crippen LogP contribution in [0.1, 0.15) is 10.4 Å². The van der Waals surface area contributed by atoms with Crippen molar-refractivity contribution in [3.8, 4) is 11.5 Å². The van der Waals surface area contributed by atoms with Gasteiger partial charge in [-0.05, 0) is 18.2 Å².